The van der Waals surface area contributed by atoms with E-state index in [4.69, 9.17) is 16.7 Å². The molecule has 0 spiro atoms. The molecule has 1 atom stereocenters. The number of fused-ring (bicyclic) bond motifs is 1. The molecule has 176 valence electrons. The minimum absolute atomic E-state index is 0.0243. The maximum Gasteiger partial charge on any atom is 0.240 e. The third-order valence-electron chi connectivity index (χ3n) is 5.42. The molecule has 4 rings (SSSR count). The molecule has 34 heavy (non-hydrogen) atoms. The van der Waals surface area contributed by atoms with Crippen LogP contribution < -0.4 is 10.2 Å². The van der Waals surface area contributed by atoms with Gasteiger partial charge in [-0.15, -0.1) is 0 Å². The van der Waals surface area contributed by atoms with Crippen LogP contribution in [0.2, 0.25) is 5.02 Å². The average Bonchev–Trinajstić information content (AvgIpc) is 2.85. The highest BCUT2D eigenvalue weighted by Gasteiger charge is 2.16. The number of benzene rings is 3. The zero-order valence-electron chi connectivity index (χ0n) is 18.1. The van der Waals surface area contributed by atoms with E-state index in [0.29, 0.717) is 27.9 Å². The van der Waals surface area contributed by atoms with Crippen LogP contribution in [0.3, 0.4) is 0 Å². The lowest BCUT2D eigenvalue weighted by molar-refractivity contribution is 0.0988. The maximum atomic E-state index is 13.2. The summed E-state index contributed by atoms with van der Waals surface area (Å²) in [4.78, 5) is 13.2. The van der Waals surface area contributed by atoms with Crippen molar-refractivity contribution in [3.05, 3.63) is 105 Å². The van der Waals surface area contributed by atoms with Crippen LogP contribution in [-0.2, 0) is 16.4 Å². The molecule has 0 fully saturated rings. The Labute approximate surface area is 201 Å². The first-order chi connectivity index (χ1) is 16.3. The molecule has 4 aromatic rings. The largest absolute Gasteiger partial charge is 0.394 e. The van der Waals surface area contributed by atoms with E-state index in [1.165, 1.54) is 12.1 Å². The van der Waals surface area contributed by atoms with Crippen molar-refractivity contribution in [1.82, 2.24) is 9.29 Å². The Balaban J connectivity index is 1.68. The fourth-order valence-electron chi connectivity index (χ4n) is 3.64. The summed E-state index contributed by atoms with van der Waals surface area (Å²) in [5.41, 5.74) is 2.78. The predicted molar refractivity (Wildman–Crippen MR) is 132 cm³/mol. The number of pyridine rings is 1. The van der Waals surface area contributed by atoms with Crippen molar-refractivity contribution in [2.45, 2.75) is 17.4 Å². The standard InChI is InChI=1S/C25H23ClN2O5S/c26-19-8-11-23-24(13-19)28(20-4-2-1-3-5-20)15-18(25(23)31)12-17-6-9-22(10-7-17)34(32,33)27-14-21(30)16-29/h1-11,13,15,21,27,29-30H,12,14,16H2. The van der Waals surface area contributed by atoms with Gasteiger partial charge in [-0.05, 0) is 48.0 Å². The number of nitrogens with one attached hydrogen (secondary N) is 1. The Morgan fingerprint density at radius 1 is 1.00 bits per heavy atom. The average molecular weight is 499 g/mol. The molecule has 9 heteroatoms. The second kappa shape index (κ2) is 10.1. The highest BCUT2D eigenvalue weighted by atomic mass is 35.5. The molecule has 3 N–H and O–H groups in total. The fourth-order valence-corrected chi connectivity index (χ4v) is 4.88. The van der Waals surface area contributed by atoms with Gasteiger partial charge in [-0.1, -0.05) is 41.9 Å². The number of aromatic nitrogens is 1. The molecular formula is C25H23ClN2O5S. The van der Waals surface area contributed by atoms with E-state index < -0.39 is 22.7 Å². The number of rotatable bonds is 8. The van der Waals surface area contributed by atoms with E-state index >= 15 is 0 Å². The van der Waals surface area contributed by atoms with Gasteiger partial charge in [0.2, 0.25) is 10.0 Å². The van der Waals surface area contributed by atoms with Gasteiger partial charge in [0.15, 0.2) is 5.43 Å². The molecule has 1 aromatic heterocycles. The number of sulfonamides is 1. The van der Waals surface area contributed by atoms with Crippen LogP contribution in [0.5, 0.6) is 0 Å². The van der Waals surface area contributed by atoms with Gasteiger partial charge in [0.25, 0.3) is 0 Å². The topological polar surface area (TPSA) is 109 Å². The predicted octanol–water partition coefficient (Wildman–Crippen LogP) is 2.87. The van der Waals surface area contributed by atoms with Crippen LogP contribution in [-0.4, -0.2) is 42.5 Å². The van der Waals surface area contributed by atoms with E-state index in [-0.39, 0.29) is 16.9 Å². The molecule has 0 bridgehead atoms. The van der Waals surface area contributed by atoms with Gasteiger partial charge >= 0.3 is 0 Å². The van der Waals surface area contributed by atoms with E-state index in [2.05, 4.69) is 4.72 Å². The summed E-state index contributed by atoms with van der Waals surface area (Å²) >= 11 is 6.20. The Morgan fingerprint density at radius 2 is 1.71 bits per heavy atom. The van der Waals surface area contributed by atoms with Crippen molar-refractivity contribution in [2.24, 2.45) is 0 Å². The third kappa shape index (κ3) is 5.22. The molecule has 0 amide bonds. The van der Waals surface area contributed by atoms with Gasteiger partial charge in [-0.25, -0.2) is 13.1 Å². The molecule has 1 unspecified atom stereocenters. The number of nitrogens with zero attached hydrogens (tertiary/aromatic N) is 1. The summed E-state index contributed by atoms with van der Waals surface area (Å²) in [6, 6.07) is 21.0. The van der Waals surface area contributed by atoms with Gasteiger partial charge in [0.1, 0.15) is 0 Å². The molecule has 0 saturated heterocycles. The number of hydrogen-bond donors (Lipinski definition) is 3. The maximum absolute atomic E-state index is 13.2. The molecule has 3 aromatic carbocycles. The summed E-state index contributed by atoms with van der Waals surface area (Å²) < 4.78 is 28.9. The van der Waals surface area contributed by atoms with Crippen LogP contribution in [0.4, 0.5) is 0 Å². The Kier molecular flexibility index (Phi) is 7.16. The summed E-state index contributed by atoms with van der Waals surface area (Å²) in [6.07, 6.45) is 0.920. The number of aliphatic hydroxyl groups excluding tert-OH is 2. The zero-order valence-corrected chi connectivity index (χ0v) is 19.6. The molecule has 0 radical (unpaired) electrons. The van der Waals surface area contributed by atoms with Crippen LogP contribution in [0.25, 0.3) is 16.6 Å². The Hall–Kier alpha value is -3.01. The highest BCUT2D eigenvalue weighted by Crippen LogP contribution is 2.22. The molecule has 1 heterocycles. The minimum atomic E-state index is -3.84. The Bertz CT molecular complexity index is 1470. The van der Waals surface area contributed by atoms with Crippen molar-refractivity contribution in [3.8, 4) is 5.69 Å². The van der Waals surface area contributed by atoms with Gasteiger partial charge < -0.3 is 14.8 Å². The van der Waals surface area contributed by atoms with Crippen molar-refractivity contribution >= 4 is 32.5 Å². The summed E-state index contributed by atoms with van der Waals surface area (Å²) in [5, 5.41) is 19.3. The monoisotopic (exact) mass is 498 g/mol. The SMILES string of the molecule is O=c1c(Cc2ccc(S(=O)(=O)NCC(O)CO)cc2)cn(-c2ccccc2)c2cc(Cl)ccc12. The molecular weight excluding hydrogens is 476 g/mol. The van der Waals surface area contributed by atoms with Crippen LogP contribution in [0.1, 0.15) is 11.1 Å². The smallest absolute Gasteiger partial charge is 0.240 e. The first-order valence-electron chi connectivity index (χ1n) is 10.6. The minimum Gasteiger partial charge on any atom is -0.394 e. The second-order valence-electron chi connectivity index (χ2n) is 7.86. The molecule has 0 aliphatic carbocycles. The number of hydrogen-bond acceptors (Lipinski definition) is 5. The lowest BCUT2D eigenvalue weighted by Crippen LogP contribution is -2.33. The van der Waals surface area contributed by atoms with E-state index in [1.54, 1.807) is 36.5 Å². The quantitative estimate of drug-likeness (QED) is 0.346. The number of halogens is 1. The second-order valence-corrected chi connectivity index (χ2v) is 10.1. The first-order valence-corrected chi connectivity index (χ1v) is 12.4. The fraction of sp³-hybridized carbons (Fsp3) is 0.160. The first kappa shape index (κ1) is 24.1. The summed E-state index contributed by atoms with van der Waals surface area (Å²) in [7, 11) is -3.84. The normalized spacial score (nSPS) is 12.7. The lowest BCUT2D eigenvalue weighted by Gasteiger charge is -2.14. The molecule has 0 aliphatic heterocycles. The molecule has 7 nitrogen and oxygen atoms in total. The molecule has 0 aliphatic rings. The van der Waals surface area contributed by atoms with Gasteiger partial charge in [-0.3, -0.25) is 4.79 Å². The van der Waals surface area contributed by atoms with E-state index in [1.807, 2.05) is 34.9 Å². The van der Waals surface area contributed by atoms with Crippen LogP contribution in [0.15, 0.2) is 88.7 Å². The van der Waals surface area contributed by atoms with Gasteiger partial charge in [0.05, 0.1) is 23.1 Å². The van der Waals surface area contributed by atoms with Gasteiger partial charge in [0, 0.05) is 40.8 Å². The summed E-state index contributed by atoms with van der Waals surface area (Å²) in [6.45, 7) is -0.833. The highest BCUT2D eigenvalue weighted by molar-refractivity contribution is 7.89. The Morgan fingerprint density at radius 3 is 2.38 bits per heavy atom. The number of para-hydroxylation sites is 1. The zero-order chi connectivity index (χ0) is 24.3. The molecule has 0 saturated carbocycles. The van der Waals surface area contributed by atoms with Crippen molar-refractivity contribution in [1.29, 1.82) is 0 Å². The van der Waals surface area contributed by atoms with Crippen LogP contribution in [0, 0.1) is 0 Å². The van der Waals surface area contributed by atoms with E-state index in [9.17, 15) is 18.3 Å². The van der Waals surface area contributed by atoms with Crippen molar-refractivity contribution in [2.75, 3.05) is 13.2 Å². The lowest BCUT2D eigenvalue weighted by atomic mass is 10.0. The number of aliphatic hydroxyl groups is 2. The van der Waals surface area contributed by atoms with E-state index in [0.717, 1.165) is 11.3 Å². The summed E-state index contributed by atoms with van der Waals surface area (Å²) in [5.74, 6) is 0. The van der Waals surface area contributed by atoms with Crippen molar-refractivity contribution < 1.29 is 18.6 Å². The van der Waals surface area contributed by atoms with Crippen molar-refractivity contribution in [3.63, 3.8) is 0 Å². The van der Waals surface area contributed by atoms with Crippen LogP contribution >= 0.6 is 11.6 Å². The third-order valence-corrected chi connectivity index (χ3v) is 7.10. The van der Waals surface area contributed by atoms with Gasteiger partial charge in [-0.2, -0.15) is 0 Å².